The van der Waals surface area contributed by atoms with Crippen LogP contribution in [0.4, 0.5) is 19.0 Å². The lowest BCUT2D eigenvalue weighted by Gasteiger charge is -2.71. The van der Waals surface area contributed by atoms with E-state index in [4.69, 9.17) is 16.3 Å². The Morgan fingerprint density at radius 3 is 2.54 bits per heavy atom. The fraction of sp³-hybridized carbons (Fsp3) is 0.444. The first-order valence-corrected chi connectivity index (χ1v) is 9.08. The van der Waals surface area contributed by atoms with Crippen LogP contribution in [-0.2, 0) is 0 Å². The van der Waals surface area contributed by atoms with Crippen LogP contribution in [0.15, 0.2) is 30.6 Å². The van der Waals surface area contributed by atoms with Crippen LogP contribution < -0.4 is 15.4 Å². The second-order valence-corrected chi connectivity index (χ2v) is 7.80. The summed E-state index contributed by atoms with van der Waals surface area (Å²) in [6.07, 6.45) is 1.07. The summed E-state index contributed by atoms with van der Waals surface area (Å²) in [5.74, 6) is 0.148. The van der Waals surface area contributed by atoms with Gasteiger partial charge in [0.15, 0.2) is 0 Å². The zero-order valence-electron chi connectivity index (χ0n) is 14.6. The van der Waals surface area contributed by atoms with Crippen molar-refractivity contribution in [1.82, 2.24) is 15.3 Å². The van der Waals surface area contributed by atoms with E-state index in [9.17, 15) is 18.3 Å². The lowest BCUT2D eigenvalue weighted by molar-refractivity contribution is -0.101. The average Bonchev–Trinajstić information content (AvgIpc) is 2.60. The fourth-order valence-electron chi connectivity index (χ4n) is 4.00. The Labute approximate surface area is 164 Å². The minimum Gasteiger partial charge on any atom is -0.489 e. The van der Waals surface area contributed by atoms with Gasteiger partial charge in [-0.3, -0.25) is 5.32 Å². The predicted molar refractivity (Wildman–Crippen MR) is 96.0 cm³/mol. The van der Waals surface area contributed by atoms with Gasteiger partial charge in [-0.25, -0.2) is 23.1 Å². The molecule has 5 rings (SSSR count). The van der Waals surface area contributed by atoms with Gasteiger partial charge in [-0.05, 0) is 31.4 Å². The number of anilines is 1. The molecule has 3 N–H and O–H groups in total. The first-order valence-electron chi connectivity index (χ1n) is 8.70. The first kappa shape index (κ1) is 19.2. The van der Waals surface area contributed by atoms with Crippen LogP contribution in [0.2, 0.25) is 5.02 Å². The van der Waals surface area contributed by atoms with E-state index in [1.54, 1.807) is 0 Å². The SMILES string of the molecule is OC(COc1ccc(Cl)c(F)c1)NC12CC(Nc3cnc(C(F)F)cn3)(C1)C2. The van der Waals surface area contributed by atoms with Crippen LogP contribution in [0.3, 0.4) is 0 Å². The molecule has 1 atom stereocenters. The zero-order valence-corrected chi connectivity index (χ0v) is 15.4. The molecular weight excluding hydrogens is 397 g/mol. The highest BCUT2D eigenvalue weighted by Crippen LogP contribution is 2.61. The van der Waals surface area contributed by atoms with Gasteiger partial charge in [0.1, 0.15) is 35.9 Å². The van der Waals surface area contributed by atoms with Crippen LogP contribution >= 0.6 is 11.6 Å². The van der Waals surface area contributed by atoms with Gasteiger partial charge in [0, 0.05) is 17.1 Å². The summed E-state index contributed by atoms with van der Waals surface area (Å²) >= 11 is 5.61. The van der Waals surface area contributed by atoms with Crippen LogP contribution in [0.5, 0.6) is 5.75 Å². The Morgan fingerprint density at radius 1 is 1.18 bits per heavy atom. The molecule has 1 unspecified atom stereocenters. The van der Waals surface area contributed by atoms with E-state index in [1.807, 2.05) is 0 Å². The molecule has 1 aromatic carbocycles. The Kier molecular flexibility index (Phi) is 4.84. The number of nitrogens with zero attached hydrogens (tertiary/aromatic N) is 2. The zero-order chi connectivity index (χ0) is 19.9. The first-order chi connectivity index (χ1) is 13.3. The number of aromatic nitrogens is 2. The maximum absolute atomic E-state index is 13.4. The third-order valence-electron chi connectivity index (χ3n) is 5.09. The van der Waals surface area contributed by atoms with Crippen molar-refractivity contribution in [2.45, 2.75) is 43.0 Å². The van der Waals surface area contributed by atoms with E-state index in [0.717, 1.165) is 31.5 Å². The minimum absolute atomic E-state index is 0.00576. The van der Waals surface area contributed by atoms with Crippen LogP contribution in [0.1, 0.15) is 31.4 Å². The molecule has 3 aliphatic carbocycles. The highest BCUT2D eigenvalue weighted by atomic mass is 35.5. The quantitative estimate of drug-likeness (QED) is 0.575. The molecule has 0 aliphatic heterocycles. The predicted octanol–water partition coefficient (Wildman–Crippen LogP) is 3.28. The molecular formula is C18H18ClF3N4O2. The summed E-state index contributed by atoms with van der Waals surface area (Å²) in [6, 6.07) is 4.08. The van der Waals surface area contributed by atoms with Crippen molar-refractivity contribution in [2.24, 2.45) is 0 Å². The number of aliphatic hydroxyl groups is 1. The lowest BCUT2D eigenvalue weighted by Crippen LogP contribution is -2.82. The summed E-state index contributed by atoms with van der Waals surface area (Å²) in [7, 11) is 0. The summed E-state index contributed by atoms with van der Waals surface area (Å²) in [5, 5.41) is 16.5. The molecule has 3 saturated carbocycles. The van der Waals surface area contributed by atoms with Crippen molar-refractivity contribution < 1.29 is 23.0 Å². The second-order valence-electron chi connectivity index (χ2n) is 7.39. The number of benzene rings is 1. The molecule has 28 heavy (non-hydrogen) atoms. The van der Waals surface area contributed by atoms with Gasteiger partial charge in [-0.2, -0.15) is 0 Å². The molecule has 2 aromatic rings. The smallest absolute Gasteiger partial charge is 0.281 e. The van der Waals surface area contributed by atoms with Gasteiger partial charge < -0.3 is 15.2 Å². The molecule has 3 aliphatic rings. The number of hydrogen-bond donors (Lipinski definition) is 3. The molecule has 150 valence electrons. The van der Waals surface area contributed by atoms with E-state index in [1.165, 1.54) is 18.3 Å². The normalized spacial score (nSPS) is 26.4. The monoisotopic (exact) mass is 414 g/mol. The van der Waals surface area contributed by atoms with E-state index in [0.29, 0.717) is 5.82 Å². The Bertz CT molecular complexity index is 849. The van der Waals surface area contributed by atoms with E-state index in [2.05, 4.69) is 20.6 Å². The van der Waals surface area contributed by atoms with Crippen molar-refractivity contribution in [3.8, 4) is 5.75 Å². The summed E-state index contributed by atoms with van der Waals surface area (Å²) in [5.41, 5.74) is -0.712. The van der Waals surface area contributed by atoms with Gasteiger partial charge in [0.2, 0.25) is 0 Å². The lowest BCUT2D eigenvalue weighted by atomic mass is 9.44. The summed E-state index contributed by atoms with van der Waals surface area (Å²) in [4.78, 5) is 7.65. The molecule has 3 fully saturated rings. The molecule has 6 nitrogen and oxygen atoms in total. The van der Waals surface area contributed by atoms with Crippen LogP contribution in [-0.4, -0.2) is 39.0 Å². The third kappa shape index (κ3) is 3.74. The van der Waals surface area contributed by atoms with Gasteiger partial charge in [0.25, 0.3) is 6.43 Å². The van der Waals surface area contributed by atoms with Gasteiger partial charge in [-0.15, -0.1) is 0 Å². The number of halogens is 4. The fourth-order valence-corrected chi connectivity index (χ4v) is 4.11. The van der Waals surface area contributed by atoms with Crippen molar-refractivity contribution in [3.63, 3.8) is 0 Å². The third-order valence-corrected chi connectivity index (χ3v) is 5.40. The van der Waals surface area contributed by atoms with Crippen molar-refractivity contribution in [1.29, 1.82) is 0 Å². The Morgan fingerprint density at radius 2 is 1.93 bits per heavy atom. The highest BCUT2D eigenvalue weighted by molar-refractivity contribution is 6.30. The maximum atomic E-state index is 13.4. The minimum atomic E-state index is -2.64. The van der Waals surface area contributed by atoms with Crippen molar-refractivity contribution >= 4 is 17.4 Å². The molecule has 0 amide bonds. The number of hydrogen-bond acceptors (Lipinski definition) is 6. The Hall–Kier alpha value is -2.10. The van der Waals surface area contributed by atoms with Gasteiger partial charge in [-0.1, -0.05) is 11.6 Å². The van der Waals surface area contributed by atoms with Gasteiger partial charge >= 0.3 is 0 Å². The molecule has 1 aromatic heterocycles. The Balaban J connectivity index is 1.23. The van der Waals surface area contributed by atoms with Crippen LogP contribution in [0, 0.1) is 5.82 Å². The van der Waals surface area contributed by atoms with Crippen molar-refractivity contribution in [3.05, 3.63) is 47.1 Å². The summed E-state index contributed by atoms with van der Waals surface area (Å²) < 4.78 is 43.8. The number of ether oxygens (including phenoxy) is 1. The molecule has 10 heteroatoms. The summed E-state index contributed by atoms with van der Waals surface area (Å²) in [6.45, 7) is -0.0379. The average molecular weight is 415 g/mol. The standard InChI is InChI=1S/C18H18ClF3N4O2/c19-11-2-1-10(3-12(11)20)28-6-15(27)26-18-7-17(8-18,9-18)25-14-5-23-13(4-24-14)16(21)22/h1-5,15-16,26-27H,6-9H2,(H,24,25). The van der Waals surface area contributed by atoms with Crippen molar-refractivity contribution in [2.75, 3.05) is 11.9 Å². The van der Waals surface area contributed by atoms with Crippen LogP contribution in [0.25, 0.3) is 0 Å². The molecule has 2 bridgehead atoms. The van der Waals surface area contributed by atoms with E-state index in [-0.39, 0.29) is 34.2 Å². The van der Waals surface area contributed by atoms with E-state index >= 15 is 0 Å². The molecule has 0 radical (unpaired) electrons. The molecule has 0 spiro atoms. The topological polar surface area (TPSA) is 79.3 Å². The molecule has 1 heterocycles. The number of aliphatic hydroxyl groups excluding tert-OH is 1. The molecule has 0 saturated heterocycles. The number of alkyl halides is 2. The number of rotatable bonds is 8. The second kappa shape index (κ2) is 7.06. The van der Waals surface area contributed by atoms with Gasteiger partial charge in [0.05, 0.1) is 17.4 Å². The maximum Gasteiger partial charge on any atom is 0.281 e. The highest BCUT2D eigenvalue weighted by Gasteiger charge is 2.68. The largest absolute Gasteiger partial charge is 0.489 e. The van der Waals surface area contributed by atoms with E-state index < -0.39 is 18.5 Å². The number of nitrogens with one attached hydrogen (secondary N) is 2.